The van der Waals surface area contributed by atoms with Crippen LogP contribution in [0.5, 0.6) is 0 Å². The molecule has 0 aliphatic heterocycles. The second kappa shape index (κ2) is 3.69. The molecule has 0 unspecified atom stereocenters. The van der Waals surface area contributed by atoms with Crippen LogP contribution in [0.15, 0.2) is 11.0 Å². The van der Waals surface area contributed by atoms with E-state index in [0.29, 0.717) is 22.3 Å². The van der Waals surface area contributed by atoms with Crippen LogP contribution in [0.25, 0.3) is 11.0 Å². The van der Waals surface area contributed by atoms with Gasteiger partial charge in [0.05, 0.1) is 11.1 Å². The molecule has 2 heterocycles. The molecule has 0 saturated heterocycles. The standard InChI is InChI=1S/C12H15N5O/c1-6-9(13)8-5-15-12(14)16-10(8)17(11(6)18)7-3-2-4-7/h5,7H,2-4,13H2,1H3,(H2,14,15,16). The Morgan fingerprint density at radius 2 is 2.11 bits per heavy atom. The molecule has 0 spiro atoms. The molecule has 3 rings (SSSR count). The summed E-state index contributed by atoms with van der Waals surface area (Å²) in [5.41, 5.74) is 13.1. The van der Waals surface area contributed by atoms with Gasteiger partial charge in [0.25, 0.3) is 5.56 Å². The first kappa shape index (κ1) is 11.0. The number of rotatable bonds is 1. The number of pyridine rings is 1. The van der Waals surface area contributed by atoms with Crippen molar-refractivity contribution in [2.75, 3.05) is 11.5 Å². The maximum Gasteiger partial charge on any atom is 0.257 e. The summed E-state index contributed by atoms with van der Waals surface area (Å²) in [6.07, 6.45) is 4.74. The Hall–Kier alpha value is -2.11. The van der Waals surface area contributed by atoms with Gasteiger partial charge in [-0.3, -0.25) is 9.36 Å². The van der Waals surface area contributed by atoms with Crippen LogP contribution < -0.4 is 17.0 Å². The molecule has 6 heteroatoms. The van der Waals surface area contributed by atoms with Gasteiger partial charge in [-0.25, -0.2) is 4.98 Å². The number of nitrogens with zero attached hydrogens (tertiary/aromatic N) is 3. The molecule has 94 valence electrons. The van der Waals surface area contributed by atoms with Crippen molar-refractivity contribution in [2.24, 2.45) is 0 Å². The van der Waals surface area contributed by atoms with Gasteiger partial charge in [0.15, 0.2) is 5.65 Å². The minimum Gasteiger partial charge on any atom is -0.398 e. The quantitative estimate of drug-likeness (QED) is 0.780. The Morgan fingerprint density at radius 3 is 2.72 bits per heavy atom. The van der Waals surface area contributed by atoms with Gasteiger partial charge >= 0.3 is 0 Å². The largest absolute Gasteiger partial charge is 0.398 e. The predicted molar refractivity (Wildman–Crippen MR) is 70.2 cm³/mol. The van der Waals surface area contributed by atoms with E-state index in [2.05, 4.69) is 9.97 Å². The number of fused-ring (bicyclic) bond motifs is 1. The van der Waals surface area contributed by atoms with Crippen LogP contribution in [0, 0.1) is 6.92 Å². The van der Waals surface area contributed by atoms with E-state index in [1.54, 1.807) is 17.7 Å². The molecular weight excluding hydrogens is 230 g/mol. The third-order valence-corrected chi connectivity index (χ3v) is 3.69. The summed E-state index contributed by atoms with van der Waals surface area (Å²) in [6.45, 7) is 1.74. The lowest BCUT2D eigenvalue weighted by atomic mass is 9.92. The van der Waals surface area contributed by atoms with Crippen LogP contribution in [0.1, 0.15) is 30.9 Å². The average Bonchev–Trinajstić information content (AvgIpc) is 2.29. The van der Waals surface area contributed by atoms with Gasteiger partial charge in [0.2, 0.25) is 5.95 Å². The van der Waals surface area contributed by atoms with E-state index in [0.717, 1.165) is 19.3 Å². The molecule has 1 aliphatic rings. The van der Waals surface area contributed by atoms with Crippen LogP contribution in [-0.4, -0.2) is 14.5 Å². The van der Waals surface area contributed by atoms with Crippen molar-refractivity contribution in [2.45, 2.75) is 32.2 Å². The number of nitrogen functional groups attached to an aromatic ring is 2. The molecule has 0 amide bonds. The fourth-order valence-electron chi connectivity index (χ4n) is 2.34. The van der Waals surface area contributed by atoms with Crippen LogP contribution in [0.3, 0.4) is 0 Å². The molecule has 1 aliphatic carbocycles. The summed E-state index contributed by atoms with van der Waals surface area (Å²) in [4.78, 5) is 20.5. The summed E-state index contributed by atoms with van der Waals surface area (Å²) < 4.78 is 1.72. The highest BCUT2D eigenvalue weighted by atomic mass is 16.1. The van der Waals surface area contributed by atoms with Gasteiger partial charge in [0, 0.05) is 17.8 Å². The van der Waals surface area contributed by atoms with Gasteiger partial charge < -0.3 is 11.5 Å². The summed E-state index contributed by atoms with van der Waals surface area (Å²) in [6, 6.07) is 0.216. The van der Waals surface area contributed by atoms with E-state index >= 15 is 0 Å². The fraction of sp³-hybridized carbons (Fsp3) is 0.417. The molecule has 6 nitrogen and oxygen atoms in total. The summed E-state index contributed by atoms with van der Waals surface area (Å²) in [5, 5.41) is 0.702. The first-order valence-corrected chi connectivity index (χ1v) is 6.02. The monoisotopic (exact) mass is 245 g/mol. The van der Waals surface area contributed by atoms with E-state index in [1.165, 1.54) is 0 Å². The molecule has 0 aromatic carbocycles. The number of nitrogens with two attached hydrogens (primary N) is 2. The molecule has 1 saturated carbocycles. The third-order valence-electron chi connectivity index (χ3n) is 3.69. The summed E-state index contributed by atoms with van der Waals surface area (Å²) in [7, 11) is 0. The number of hydrogen-bond acceptors (Lipinski definition) is 5. The minimum absolute atomic E-state index is 0.0669. The van der Waals surface area contributed by atoms with E-state index in [9.17, 15) is 4.79 Å². The maximum absolute atomic E-state index is 12.3. The highest BCUT2D eigenvalue weighted by Gasteiger charge is 2.25. The normalized spacial score (nSPS) is 15.8. The van der Waals surface area contributed by atoms with Crippen molar-refractivity contribution in [3.63, 3.8) is 0 Å². The number of anilines is 2. The Kier molecular flexibility index (Phi) is 2.26. The molecule has 0 radical (unpaired) electrons. The van der Waals surface area contributed by atoms with Crippen LogP contribution >= 0.6 is 0 Å². The van der Waals surface area contributed by atoms with Crippen molar-refractivity contribution < 1.29 is 0 Å². The van der Waals surface area contributed by atoms with Crippen LogP contribution in [-0.2, 0) is 0 Å². The topological polar surface area (TPSA) is 99.8 Å². The lowest BCUT2D eigenvalue weighted by Gasteiger charge is -2.29. The van der Waals surface area contributed by atoms with Crippen LogP contribution in [0.2, 0.25) is 0 Å². The smallest absolute Gasteiger partial charge is 0.257 e. The van der Waals surface area contributed by atoms with E-state index in [-0.39, 0.29) is 17.5 Å². The minimum atomic E-state index is -0.0669. The Balaban J connectivity index is 2.44. The van der Waals surface area contributed by atoms with Gasteiger partial charge in [0.1, 0.15) is 0 Å². The Bertz CT molecular complexity index is 687. The first-order valence-electron chi connectivity index (χ1n) is 6.02. The zero-order valence-electron chi connectivity index (χ0n) is 10.2. The predicted octanol–water partition coefficient (Wildman–Crippen LogP) is 0.989. The number of hydrogen-bond donors (Lipinski definition) is 2. The zero-order valence-corrected chi connectivity index (χ0v) is 10.2. The van der Waals surface area contributed by atoms with E-state index < -0.39 is 0 Å². The first-order chi connectivity index (χ1) is 8.59. The van der Waals surface area contributed by atoms with Gasteiger partial charge in [-0.05, 0) is 26.2 Å². The van der Waals surface area contributed by atoms with Crippen molar-refractivity contribution in [1.29, 1.82) is 0 Å². The second-order valence-corrected chi connectivity index (χ2v) is 4.76. The van der Waals surface area contributed by atoms with Crippen molar-refractivity contribution in [1.82, 2.24) is 14.5 Å². The molecule has 2 aromatic rings. The highest BCUT2D eigenvalue weighted by Crippen LogP contribution is 2.33. The zero-order chi connectivity index (χ0) is 12.9. The van der Waals surface area contributed by atoms with Gasteiger partial charge in [-0.15, -0.1) is 0 Å². The molecule has 0 bridgehead atoms. The highest BCUT2D eigenvalue weighted by molar-refractivity contribution is 5.89. The molecule has 2 aromatic heterocycles. The van der Waals surface area contributed by atoms with Crippen molar-refractivity contribution in [3.8, 4) is 0 Å². The van der Waals surface area contributed by atoms with Crippen molar-refractivity contribution in [3.05, 3.63) is 22.1 Å². The molecule has 0 atom stereocenters. The summed E-state index contributed by atoms with van der Waals surface area (Å²) >= 11 is 0. The van der Waals surface area contributed by atoms with Crippen molar-refractivity contribution >= 4 is 22.7 Å². The van der Waals surface area contributed by atoms with E-state index in [4.69, 9.17) is 11.5 Å². The molecule has 4 N–H and O–H groups in total. The molecule has 1 fully saturated rings. The third kappa shape index (κ3) is 1.38. The lowest BCUT2D eigenvalue weighted by Crippen LogP contribution is -2.32. The Morgan fingerprint density at radius 1 is 1.39 bits per heavy atom. The average molecular weight is 245 g/mol. The number of aromatic nitrogens is 3. The second-order valence-electron chi connectivity index (χ2n) is 4.76. The van der Waals surface area contributed by atoms with Crippen LogP contribution in [0.4, 0.5) is 11.6 Å². The molecule has 18 heavy (non-hydrogen) atoms. The fourth-order valence-corrected chi connectivity index (χ4v) is 2.34. The maximum atomic E-state index is 12.3. The van der Waals surface area contributed by atoms with Gasteiger partial charge in [-0.2, -0.15) is 4.98 Å². The lowest BCUT2D eigenvalue weighted by molar-refractivity contribution is 0.313. The molecular formula is C12H15N5O. The Labute approximate surface area is 104 Å². The van der Waals surface area contributed by atoms with Gasteiger partial charge in [-0.1, -0.05) is 0 Å². The van der Waals surface area contributed by atoms with E-state index in [1.807, 2.05) is 0 Å². The SMILES string of the molecule is Cc1c(N)c2cnc(N)nc2n(C2CCC2)c1=O. The summed E-state index contributed by atoms with van der Waals surface area (Å²) in [5.74, 6) is 0.165.